The minimum atomic E-state index is -4.94. The molecular weight excluding hydrogens is 599 g/mol. The molecule has 42 heavy (non-hydrogen) atoms. The Hall–Kier alpha value is -3.76. The van der Waals surface area contributed by atoms with Gasteiger partial charge in [0.25, 0.3) is 0 Å². The number of carboxylic acid groups (broad SMARTS) is 1. The highest BCUT2D eigenvalue weighted by molar-refractivity contribution is 7.89. The molecule has 1 atom stereocenters. The first kappa shape index (κ1) is 31.2. The third-order valence-corrected chi connectivity index (χ3v) is 9.54. The first-order valence-corrected chi connectivity index (χ1v) is 15.1. The van der Waals surface area contributed by atoms with Gasteiger partial charge in [-0.2, -0.15) is 4.31 Å². The van der Waals surface area contributed by atoms with E-state index in [-0.39, 0.29) is 36.0 Å². The third kappa shape index (κ3) is 7.35. The first-order valence-electron chi connectivity index (χ1n) is 12.8. The molecule has 1 fully saturated rings. The quantitative estimate of drug-likeness (QED) is 0.345. The van der Waals surface area contributed by atoms with Crippen molar-refractivity contribution < 1.29 is 41.0 Å². The van der Waals surface area contributed by atoms with Crippen LogP contribution < -0.4 is 15.0 Å². The fraction of sp³-hybridized carbons (Fsp3) is 0.385. The number of hydrogen-bond acceptors (Lipinski definition) is 9. The lowest BCUT2D eigenvalue weighted by Gasteiger charge is -2.39. The molecule has 4 rings (SSSR count). The molecule has 226 valence electrons. The van der Waals surface area contributed by atoms with Crippen LogP contribution in [-0.4, -0.2) is 71.7 Å². The van der Waals surface area contributed by atoms with Crippen LogP contribution in [0.25, 0.3) is 0 Å². The Morgan fingerprint density at radius 3 is 2.45 bits per heavy atom. The van der Waals surface area contributed by atoms with E-state index < -0.39 is 40.1 Å². The molecule has 3 heterocycles. The number of pyridine rings is 1. The van der Waals surface area contributed by atoms with E-state index in [1.165, 1.54) is 0 Å². The number of thiazole rings is 1. The zero-order valence-electron chi connectivity index (χ0n) is 22.6. The number of carboxylic acids is 1. The monoisotopic (exact) mass is 627 g/mol. The van der Waals surface area contributed by atoms with Gasteiger partial charge in [-0.15, -0.1) is 13.2 Å². The van der Waals surface area contributed by atoms with E-state index in [9.17, 15) is 36.3 Å². The van der Waals surface area contributed by atoms with Gasteiger partial charge < -0.3 is 20.1 Å². The maximum atomic E-state index is 13.6. The van der Waals surface area contributed by atoms with Gasteiger partial charge >= 0.3 is 12.3 Å². The Morgan fingerprint density at radius 2 is 1.88 bits per heavy atom. The normalized spacial score (nSPS) is 16.3. The number of aromatic nitrogens is 2. The summed E-state index contributed by atoms with van der Waals surface area (Å²) in [6.45, 7) is 3.43. The number of hydrogen-bond donors (Lipinski definition) is 2. The summed E-state index contributed by atoms with van der Waals surface area (Å²) in [5, 5.41) is 12.5. The van der Waals surface area contributed by atoms with Crippen molar-refractivity contribution >= 4 is 38.4 Å². The van der Waals surface area contributed by atoms with Crippen LogP contribution in [0.5, 0.6) is 5.75 Å². The van der Waals surface area contributed by atoms with Crippen molar-refractivity contribution in [2.75, 3.05) is 24.5 Å². The van der Waals surface area contributed by atoms with Gasteiger partial charge in [0.05, 0.1) is 10.6 Å². The van der Waals surface area contributed by atoms with Gasteiger partial charge in [0, 0.05) is 38.1 Å². The largest absolute Gasteiger partial charge is 0.573 e. The van der Waals surface area contributed by atoms with Gasteiger partial charge in [-0.25, -0.2) is 18.2 Å². The Balaban J connectivity index is 1.59. The van der Waals surface area contributed by atoms with E-state index >= 15 is 0 Å². The number of carbonyl (C=O) groups excluding carboxylic acids is 1. The van der Waals surface area contributed by atoms with Crippen LogP contribution in [0.4, 0.5) is 18.3 Å². The van der Waals surface area contributed by atoms with Crippen LogP contribution in [0.2, 0.25) is 0 Å². The fourth-order valence-electron chi connectivity index (χ4n) is 4.38. The van der Waals surface area contributed by atoms with Crippen molar-refractivity contribution in [1.29, 1.82) is 0 Å². The summed E-state index contributed by atoms with van der Waals surface area (Å²) < 4.78 is 69.8. The highest BCUT2D eigenvalue weighted by Crippen LogP contribution is 2.31. The molecule has 2 aromatic heterocycles. The molecule has 2 N–H and O–H groups in total. The summed E-state index contributed by atoms with van der Waals surface area (Å²) in [5.74, 6) is -2.36. The number of halogens is 3. The number of aryl methyl sites for hydroxylation is 2. The Bertz CT molecular complexity index is 1530. The number of benzene rings is 1. The molecule has 0 unspecified atom stereocenters. The SMILES string of the molecule is CCCc1ccc(CNC(=O)[C@H]2CN(c3nc(C)c(C(=O)O)s3)CCN2S(=O)(=O)c2ccc(OC(F)(F)F)cc2)cn1. The first-order chi connectivity index (χ1) is 19.8. The molecule has 1 aliphatic rings. The van der Waals surface area contributed by atoms with Crippen molar-refractivity contribution in [2.45, 2.75) is 50.5 Å². The average molecular weight is 628 g/mol. The maximum absolute atomic E-state index is 13.6. The van der Waals surface area contributed by atoms with Gasteiger partial charge in [-0.05, 0) is 49.2 Å². The molecule has 0 spiro atoms. The second-order valence-corrected chi connectivity index (χ2v) is 12.3. The molecule has 1 saturated heterocycles. The molecule has 0 aliphatic carbocycles. The van der Waals surface area contributed by atoms with Crippen molar-refractivity contribution in [3.05, 3.63) is 64.4 Å². The molecule has 1 amide bonds. The lowest BCUT2D eigenvalue weighted by Crippen LogP contribution is -2.60. The number of ether oxygens (including phenoxy) is 1. The van der Waals surface area contributed by atoms with Crippen molar-refractivity contribution in [1.82, 2.24) is 19.6 Å². The number of nitrogens with zero attached hydrogens (tertiary/aromatic N) is 4. The average Bonchev–Trinajstić information content (AvgIpc) is 3.33. The minimum absolute atomic E-state index is 0.0289. The molecule has 0 radical (unpaired) electrons. The molecule has 3 aromatic rings. The van der Waals surface area contributed by atoms with Gasteiger partial charge in [-0.1, -0.05) is 30.7 Å². The van der Waals surface area contributed by atoms with Gasteiger partial charge in [-0.3, -0.25) is 9.78 Å². The van der Waals surface area contributed by atoms with Gasteiger partial charge in [0.15, 0.2) is 5.13 Å². The molecule has 0 bridgehead atoms. The molecule has 1 aromatic carbocycles. The van der Waals surface area contributed by atoms with Crippen LogP contribution in [0.3, 0.4) is 0 Å². The highest BCUT2D eigenvalue weighted by Gasteiger charge is 2.41. The molecule has 0 saturated carbocycles. The smallest absolute Gasteiger partial charge is 0.477 e. The summed E-state index contributed by atoms with van der Waals surface area (Å²) in [6, 6.07) is 6.12. The topological polar surface area (TPSA) is 142 Å². The third-order valence-electron chi connectivity index (χ3n) is 6.41. The number of nitrogens with one attached hydrogen (secondary N) is 1. The maximum Gasteiger partial charge on any atom is 0.573 e. The van der Waals surface area contributed by atoms with E-state index in [0.29, 0.717) is 16.4 Å². The van der Waals surface area contributed by atoms with Crippen molar-refractivity contribution in [3.8, 4) is 5.75 Å². The lowest BCUT2D eigenvalue weighted by molar-refractivity contribution is -0.274. The van der Waals surface area contributed by atoms with Crippen LogP contribution in [-0.2, 0) is 27.8 Å². The molecular formula is C26H28F3N5O6S2. The van der Waals surface area contributed by atoms with Gasteiger partial charge in [0.2, 0.25) is 15.9 Å². The molecule has 1 aliphatic heterocycles. The predicted molar refractivity (Wildman–Crippen MR) is 147 cm³/mol. The number of aromatic carboxylic acids is 1. The minimum Gasteiger partial charge on any atom is -0.477 e. The number of rotatable bonds is 10. The summed E-state index contributed by atoms with van der Waals surface area (Å²) in [4.78, 5) is 35.0. The van der Waals surface area contributed by atoms with Crippen LogP contribution in [0.1, 0.15) is 40.0 Å². The Morgan fingerprint density at radius 1 is 1.17 bits per heavy atom. The molecule has 11 nitrogen and oxygen atoms in total. The predicted octanol–water partition coefficient (Wildman–Crippen LogP) is 3.59. The van der Waals surface area contributed by atoms with Crippen LogP contribution in [0.15, 0.2) is 47.5 Å². The summed E-state index contributed by atoms with van der Waals surface area (Å²) in [7, 11) is -4.35. The zero-order valence-corrected chi connectivity index (χ0v) is 24.2. The standard InChI is InChI=1S/C26H28F3N5O6S2/c1-3-4-18-6-5-17(13-30-18)14-31-23(35)21-15-33(25-32-16(2)22(41-25)24(36)37)11-12-34(21)42(38,39)20-9-7-19(8-10-20)40-26(27,28)29/h5-10,13,21H,3-4,11-12,14-15H2,1-2H3,(H,31,35)(H,36,37)/t21-/m1/s1. The van der Waals surface area contributed by atoms with Gasteiger partial charge in [0.1, 0.15) is 16.7 Å². The lowest BCUT2D eigenvalue weighted by atomic mass is 10.2. The second-order valence-electron chi connectivity index (χ2n) is 9.44. The zero-order chi connectivity index (χ0) is 30.7. The Labute approximate surface area is 244 Å². The number of piperazine rings is 1. The molecule has 16 heteroatoms. The summed E-state index contributed by atoms with van der Waals surface area (Å²) >= 11 is 0.916. The Kier molecular flexibility index (Phi) is 9.37. The summed E-state index contributed by atoms with van der Waals surface area (Å²) in [5.41, 5.74) is 1.89. The van der Waals surface area contributed by atoms with E-state index in [4.69, 9.17) is 0 Å². The van der Waals surface area contributed by atoms with E-state index in [1.54, 1.807) is 18.0 Å². The van der Waals surface area contributed by atoms with Crippen LogP contribution in [0, 0.1) is 6.92 Å². The van der Waals surface area contributed by atoms with E-state index in [1.807, 2.05) is 19.1 Å². The second kappa shape index (κ2) is 12.6. The van der Waals surface area contributed by atoms with Crippen molar-refractivity contribution in [2.24, 2.45) is 0 Å². The van der Waals surface area contributed by atoms with E-state index in [2.05, 4.69) is 20.0 Å². The number of carbonyl (C=O) groups is 2. The van der Waals surface area contributed by atoms with Crippen molar-refractivity contribution in [3.63, 3.8) is 0 Å². The summed E-state index contributed by atoms with van der Waals surface area (Å²) in [6.07, 6.45) is -1.58. The number of sulfonamides is 1. The number of anilines is 1. The fourth-order valence-corrected chi connectivity index (χ4v) is 6.89. The number of amides is 1. The van der Waals surface area contributed by atoms with Crippen LogP contribution >= 0.6 is 11.3 Å². The number of alkyl halides is 3. The highest BCUT2D eigenvalue weighted by atomic mass is 32.2. The van der Waals surface area contributed by atoms with E-state index in [0.717, 1.165) is 58.4 Å².